The van der Waals surface area contributed by atoms with Gasteiger partial charge in [-0.25, -0.2) is 0 Å². The maximum Gasteiger partial charge on any atom is -0.00101 e. The zero-order valence-corrected chi connectivity index (χ0v) is 20.6. The molecule has 0 saturated heterocycles. The predicted molar refractivity (Wildman–Crippen MR) is 151 cm³/mol. The van der Waals surface area contributed by atoms with Crippen molar-refractivity contribution in [1.82, 2.24) is 0 Å². The van der Waals surface area contributed by atoms with Gasteiger partial charge in [0.1, 0.15) is 0 Å². The van der Waals surface area contributed by atoms with Gasteiger partial charge in [0.15, 0.2) is 0 Å². The van der Waals surface area contributed by atoms with Crippen LogP contribution in [-0.4, -0.2) is 5.29 Å². The van der Waals surface area contributed by atoms with Crippen molar-refractivity contribution in [2.45, 2.75) is 13.8 Å². The molecular formula is C33H29P. The Hall–Kier alpha value is -3.60. The lowest BCUT2D eigenvalue weighted by molar-refractivity contribution is 1.45. The number of hydrogen-bond acceptors (Lipinski definition) is 0. The minimum atomic E-state index is -2.22. The third-order valence-electron chi connectivity index (χ3n) is 6.42. The highest BCUT2D eigenvalue weighted by molar-refractivity contribution is 7.96. The second kappa shape index (κ2) is 9.72. The Labute approximate surface area is 203 Å². The van der Waals surface area contributed by atoms with Crippen molar-refractivity contribution in [2.24, 2.45) is 0 Å². The lowest BCUT2D eigenvalue weighted by atomic mass is 10.0. The van der Waals surface area contributed by atoms with E-state index >= 15 is 0 Å². The summed E-state index contributed by atoms with van der Waals surface area (Å²) in [6, 6.07) is 51.5. The first-order valence-electron chi connectivity index (χ1n) is 11.8. The Morgan fingerprint density at radius 3 is 0.971 bits per heavy atom. The average Bonchev–Trinajstić information content (AvgIpc) is 2.90. The summed E-state index contributed by atoms with van der Waals surface area (Å²) in [6.07, 6.45) is 0. The molecule has 34 heavy (non-hydrogen) atoms. The first-order chi connectivity index (χ1) is 16.7. The molecule has 0 N–H and O–H groups in total. The van der Waals surface area contributed by atoms with Gasteiger partial charge in [0.05, 0.1) is 0 Å². The molecule has 0 unspecified atom stereocenters. The fourth-order valence-corrected chi connectivity index (χ4v) is 9.37. The Kier molecular flexibility index (Phi) is 6.35. The second-order valence-corrected chi connectivity index (χ2v) is 12.1. The van der Waals surface area contributed by atoms with Crippen LogP contribution in [0.1, 0.15) is 22.3 Å². The quantitative estimate of drug-likeness (QED) is 0.253. The molecule has 0 aliphatic carbocycles. The molecule has 0 nitrogen and oxygen atoms in total. The van der Waals surface area contributed by atoms with E-state index < -0.39 is 6.89 Å². The predicted octanol–water partition coefficient (Wildman–Crippen LogP) is 6.87. The molecule has 0 atom stereocenters. The summed E-state index contributed by atoms with van der Waals surface area (Å²) in [7, 11) is 0. The Balaban J connectivity index is 2.08. The van der Waals surface area contributed by atoms with Crippen LogP contribution in [0.5, 0.6) is 0 Å². The standard InChI is InChI=1S/C33H29P/c1-26-18-22-28(23-19-26)33(29-24-20-27(2)21-25-29)34(30-12-6-3-7-13-30,31-14-8-4-9-15-31)32-16-10-5-11-17-32/h3-25H,1-2H3. The molecule has 5 aromatic carbocycles. The molecule has 0 spiro atoms. The summed E-state index contributed by atoms with van der Waals surface area (Å²) in [6.45, 7) is 2.09. The fourth-order valence-electron chi connectivity index (χ4n) is 4.77. The number of aryl methyl sites for hydroxylation is 2. The molecule has 166 valence electrons. The van der Waals surface area contributed by atoms with Gasteiger partial charge in [0, 0.05) is 0 Å². The lowest BCUT2D eigenvalue weighted by Crippen LogP contribution is -2.31. The fraction of sp³-hybridized carbons (Fsp3) is 0.0606. The van der Waals surface area contributed by atoms with E-state index in [1.54, 1.807) is 0 Å². The van der Waals surface area contributed by atoms with Crippen molar-refractivity contribution >= 4 is 28.1 Å². The van der Waals surface area contributed by atoms with Gasteiger partial charge in [-0.3, -0.25) is 0 Å². The average molecular weight is 457 g/mol. The smallest absolute Gasteiger partial charge is 0.00101 e. The highest BCUT2D eigenvalue weighted by Gasteiger charge is 2.31. The highest BCUT2D eigenvalue weighted by Crippen LogP contribution is 2.49. The van der Waals surface area contributed by atoms with E-state index in [2.05, 4.69) is 153 Å². The summed E-state index contributed by atoms with van der Waals surface area (Å²) in [5.74, 6) is 0. The van der Waals surface area contributed by atoms with Gasteiger partial charge < -0.3 is 0 Å². The zero-order chi connectivity index (χ0) is 23.4. The minimum absolute atomic E-state index is 1.27. The van der Waals surface area contributed by atoms with Gasteiger partial charge in [-0.05, 0) is 53.1 Å². The van der Waals surface area contributed by atoms with Crippen molar-refractivity contribution in [3.63, 3.8) is 0 Å². The van der Waals surface area contributed by atoms with Gasteiger partial charge in [-0.15, -0.1) is 0 Å². The largest absolute Gasteiger partial charge is 0.0622 e. The molecule has 1 heteroatoms. The first kappa shape index (κ1) is 22.2. The molecular weight excluding hydrogens is 427 g/mol. The molecule has 5 rings (SSSR count). The maximum atomic E-state index is 2.32. The number of hydrogen-bond donors (Lipinski definition) is 0. The number of benzene rings is 5. The van der Waals surface area contributed by atoms with E-state index in [1.807, 2.05) is 0 Å². The maximum absolute atomic E-state index is 2.32. The minimum Gasteiger partial charge on any atom is -0.0622 e. The van der Waals surface area contributed by atoms with Gasteiger partial charge in [-0.1, -0.05) is 151 Å². The van der Waals surface area contributed by atoms with Gasteiger partial charge in [0.2, 0.25) is 0 Å². The molecule has 0 bridgehead atoms. The lowest BCUT2D eigenvalue weighted by Gasteiger charge is -2.33. The monoisotopic (exact) mass is 456 g/mol. The Morgan fingerprint density at radius 1 is 0.382 bits per heavy atom. The third kappa shape index (κ3) is 4.07. The van der Waals surface area contributed by atoms with Crippen LogP contribution >= 0.6 is 6.89 Å². The van der Waals surface area contributed by atoms with Crippen LogP contribution in [0.15, 0.2) is 140 Å². The van der Waals surface area contributed by atoms with Crippen LogP contribution in [0.2, 0.25) is 0 Å². The Morgan fingerprint density at radius 2 is 0.676 bits per heavy atom. The topological polar surface area (TPSA) is 0 Å². The van der Waals surface area contributed by atoms with E-state index in [-0.39, 0.29) is 0 Å². The van der Waals surface area contributed by atoms with Crippen LogP contribution in [-0.2, 0) is 0 Å². The molecule has 0 aliphatic heterocycles. The molecule has 5 aromatic rings. The van der Waals surface area contributed by atoms with Crippen LogP contribution in [0.25, 0.3) is 0 Å². The van der Waals surface area contributed by atoms with Crippen LogP contribution in [0, 0.1) is 13.8 Å². The highest BCUT2D eigenvalue weighted by atomic mass is 31.2. The Bertz CT molecular complexity index is 1260. The van der Waals surface area contributed by atoms with Crippen molar-refractivity contribution in [3.05, 3.63) is 162 Å². The first-order valence-corrected chi connectivity index (χ1v) is 13.6. The number of rotatable bonds is 5. The molecule has 0 amide bonds. The van der Waals surface area contributed by atoms with Crippen molar-refractivity contribution in [1.29, 1.82) is 0 Å². The van der Waals surface area contributed by atoms with Crippen molar-refractivity contribution in [2.75, 3.05) is 0 Å². The van der Waals surface area contributed by atoms with E-state index in [0.717, 1.165) is 0 Å². The molecule has 0 aliphatic rings. The molecule has 0 heterocycles. The third-order valence-corrected chi connectivity index (χ3v) is 10.8. The van der Waals surface area contributed by atoms with Gasteiger partial charge >= 0.3 is 0 Å². The van der Waals surface area contributed by atoms with E-state index in [1.165, 1.54) is 43.5 Å². The second-order valence-electron chi connectivity index (χ2n) is 8.76. The van der Waals surface area contributed by atoms with Gasteiger partial charge in [0.25, 0.3) is 0 Å². The normalized spacial score (nSPS) is 11.2. The summed E-state index contributed by atoms with van der Waals surface area (Å²) in [5.41, 5.74) is 5.10. The van der Waals surface area contributed by atoms with Crippen molar-refractivity contribution in [3.8, 4) is 0 Å². The van der Waals surface area contributed by atoms with Crippen molar-refractivity contribution < 1.29 is 0 Å². The van der Waals surface area contributed by atoms with E-state index in [4.69, 9.17) is 0 Å². The van der Waals surface area contributed by atoms with Crippen LogP contribution in [0.4, 0.5) is 0 Å². The molecule has 0 aromatic heterocycles. The van der Waals surface area contributed by atoms with Gasteiger partial charge in [-0.2, -0.15) is 0 Å². The summed E-state index contributed by atoms with van der Waals surface area (Å²) < 4.78 is 0. The summed E-state index contributed by atoms with van der Waals surface area (Å²) in [4.78, 5) is 0. The molecule has 0 radical (unpaired) electrons. The summed E-state index contributed by atoms with van der Waals surface area (Å²) in [5, 5.41) is 5.49. The SMILES string of the molecule is Cc1ccc(C(c2ccc(C)cc2)=P(c2ccccc2)(c2ccccc2)c2ccccc2)cc1. The van der Waals surface area contributed by atoms with E-state index in [9.17, 15) is 0 Å². The van der Waals surface area contributed by atoms with Crippen LogP contribution < -0.4 is 15.9 Å². The molecule has 0 fully saturated rings. The van der Waals surface area contributed by atoms with Crippen LogP contribution in [0.3, 0.4) is 0 Å². The molecule has 0 saturated carbocycles. The summed E-state index contributed by atoms with van der Waals surface area (Å²) >= 11 is 0. The van der Waals surface area contributed by atoms with E-state index in [0.29, 0.717) is 0 Å². The zero-order valence-electron chi connectivity index (χ0n) is 19.7.